The summed E-state index contributed by atoms with van der Waals surface area (Å²) in [6.07, 6.45) is 3.11. The minimum Gasteiger partial charge on any atom is -0.308 e. The number of pyridine rings is 1. The molecule has 5 heteroatoms. The minimum atomic E-state index is -0.292. The second-order valence-corrected chi connectivity index (χ2v) is 5.72. The number of halogens is 3. The quantitative estimate of drug-likeness (QED) is 0.823. The van der Waals surface area contributed by atoms with Crippen molar-refractivity contribution in [3.63, 3.8) is 0 Å². The molecule has 1 heterocycles. The summed E-state index contributed by atoms with van der Waals surface area (Å²) >= 11 is 11.7. The van der Waals surface area contributed by atoms with Gasteiger partial charge in [0, 0.05) is 11.2 Å². The Morgan fingerprint density at radius 3 is 2.57 bits per heavy atom. The third kappa shape index (κ3) is 4.67. The molecule has 0 fully saturated rings. The largest absolute Gasteiger partial charge is 0.308 e. The molecule has 1 N–H and O–H groups in total. The Morgan fingerprint density at radius 2 is 1.95 bits per heavy atom. The summed E-state index contributed by atoms with van der Waals surface area (Å²) in [7, 11) is 0. The van der Waals surface area contributed by atoms with Crippen LogP contribution in [-0.2, 0) is 6.42 Å². The summed E-state index contributed by atoms with van der Waals surface area (Å²) in [5.41, 5.74) is 1.46. The Hall–Kier alpha value is -1.16. The van der Waals surface area contributed by atoms with Gasteiger partial charge in [-0.2, -0.15) is 0 Å². The van der Waals surface area contributed by atoms with Gasteiger partial charge in [0.2, 0.25) is 0 Å². The molecule has 0 amide bonds. The summed E-state index contributed by atoms with van der Waals surface area (Å²) < 4.78 is 14.0. The van der Waals surface area contributed by atoms with Crippen LogP contribution in [0, 0.1) is 5.82 Å². The molecule has 1 aromatic heterocycles. The van der Waals surface area contributed by atoms with Gasteiger partial charge < -0.3 is 5.32 Å². The lowest BCUT2D eigenvalue weighted by Crippen LogP contribution is -2.25. The van der Waals surface area contributed by atoms with Crippen molar-refractivity contribution in [2.45, 2.75) is 25.8 Å². The molecule has 2 aromatic rings. The lowest BCUT2D eigenvalue weighted by Gasteiger charge is -2.18. The van der Waals surface area contributed by atoms with E-state index in [1.165, 1.54) is 6.07 Å². The van der Waals surface area contributed by atoms with E-state index in [1.807, 2.05) is 6.07 Å². The first-order chi connectivity index (χ1) is 10.1. The van der Waals surface area contributed by atoms with Crippen molar-refractivity contribution in [3.8, 4) is 0 Å². The van der Waals surface area contributed by atoms with Crippen LogP contribution in [0.2, 0.25) is 10.0 Å². The van der Waals surface area contributed by atoms with Crippen molar-refractivity contribution in [2.75, 3.05) is 6.54 Å². The van der Waals surface area contributed by atoms with Crippen molar-refractivity contribution < 1.29 is 4.39 Å². The Kier molecular flexibility index (Phi) is 5.97. The highest BCUT2D eigenvalue weighted by molar-refractivity contribution is 6.30. The molecule has 0 radical (unpaired) electrons. The second-order valence-electron chi connectivity index (χ2n) is 4.85. The summed E-state index contributed by atoms with van der Waals surface area (Å²) in [4.78, 5) is 4.33. The van der Waals surface area contributed by atoms with E-state index in [-0.39, 0.29) is 11.9 Å². The highest BCUT2D eigenvalue weighted by Crippen LogP contribution is 2.22. The normalized spacial score (nSPS) is 12.4. The van der Waals surface area contributed by atoms with Crippen molar-refractivity contribution in [3.05, 3.63) is 63.6 Å². The van der Waals surface area contributed by atoms with Crippen LogP contribution >= 0.6 is 23.2 Å². The number of rotatable bonds is 6. The number of aromatic nitrogens is 1. The first kappa shape index (κ1) is 16.2. The van der Waals surface area contributed by atoms with E-state index >= 15 is 0 Å². The van der Waals surface area contributed by atoms with Gasteiger partial charge in [-0.3, -0.25) is 4.98 Å². The summed E-state index contributed by atoms with van der Waals surface area (Å²) in [6, 6.07) is 8.35. The van der Waals surface area contributed by atoms with Crippen LogP contribution in [0.15, 0.2) is 36.5 Å². The molecule has 2 rings (SSSR count). The molecule has 0 aliphatic carbocycles. The van der Waals surface area contributed by atoms with Crippen molar-refractivity contribution >= 4 is 23.2 Å². The number of hydrogen-bond donors (Lipinski definition) is 1. The number of nitrogens with zero attached hydrogens (tertiary/aromatic N) is 1. The van der Waals surface area contributed by atoms with E-state index in [0.29, 0.717) is 22.0 Å². The minimum absolute atomic E-state index is 0.0575. The van der Waals surface area contributed by atoms with Crippen molar-refractivity contribution in [1.82, 2.24) is 10.3 Å². The van der Waals surface area contributed by atoms with Gasteiger partial charge in [-0.05, 0) is 49.2 Å². The Balaban J connectivity index is 2.21. The van der Waals surface area contributed by atoms with Crippen LogP contribution in [0.5, 0.6) is 0 Å². The van der Waals surface area contributed by atoms with Crippen molar-refractivity contribution in [2.24, 2.45) is 0 Å². The molecule has 1 unspecified atom stereocenters. The second kappa shape index (κ2) is 7.74. The first-order valence-electron chi connectivity index (χ1n) is 6.89. The molecule has 21 heavy (non-hydrogen) atoms. The van der Waals surface area contributed by atoms with Gasteiger partial charge in [0.05, 0.1) is 16.8 Å². The van der Waals surface area contributed by atoms with Gasteiger partial charge in [0.1, 0.15) is 5.82 Å². The molecule has 0 saturated heterocycles. The first-order valence-corrected chi connectivity index (χ1v) is 7.64. The molecule has 1 atom stereocenters. The smallest absolute Gasteiger partial charge is 0.127 e. The highest BCUT2D eigenvalue weighted by Gasteiger charge is 2.15. The van der Waals surface area contributed by atoms with Gasteiger partial charge in [-0.1, -0.05) is 36.2 Å². The predicted octanol–water partition coefficient (Wildman–Crippen LogP) is 4.81. The number of benzene rings is 1. The summed E-state index contributed by atoms with van der Waals surface area (Å²) in [5, 5.41) is 4.38. The van der Waals surface area contributed by atoms with Gasteiger partial charge in [0.15, 0.2) is 0 Å². The molecule has 0 bridgehead atoms. The molecule has 0 saturated carbocycles. The maximum absolute atomic E-state index is 14.0. The van der Waals surface area contributed by atoms with Gasteiger partial charge in [0.25, 0.3) is 0 Å². The maximum Gasteiger partial charge on any atom is 0.127 e. The SMILES string of the molecule is CCCNC(Cc1ccc(Cl)cc1F)c1ccc(Cl)cn1. The standard InChI is InChI=1S/C16H17Cl2FN2/c1-2-7-20-16(15-6-5-13(18)10-21-15)8-11-3-4-12(17)9-14(11)19/h3-6,9-10,16,20H,2,7-8H2,1H3. The van der Waals surface area contributed by atoms with Crippen LogP contribution in [0.25, 0.3) is 0 Å². The van der Waals surface area contributed by atoms with E-state index in [1.54, 1.807) is 24.4 Å². The fraction of sp³-hybridized carbons (Fsp3) is 0.312. The van der Waals surface area contributed by atoms with Crippen LogP contribution < -0.4 is 5.32 Å². The average molecular weight is 327 g/mol. The average Bonchev–Trinajstić information content (AvgIpc) is 2.46. The van der Waals surface area contributed by atoms with E-state index in [2.05, 4.69) is 17.2 Å². The molecule has 112 valence electrons. The van der Waals surface area contributed by atoms with Crippen LogP contribution in [0.1, 0.15) is 30.6 Å². The molecular weight excluding hydrogens is 310 g/mol. The zero-order chi connectivity index (χ0) is 15.2. The van der Waals surface area contributed by atoms with Gasteiger partial charge >= 0.3 is 0 Å². The lowest BCUT2D eigenvalue weighted by atomic mass is 10.0. The molecule has 0 aliphatic rings. The Labute approximate surface area is 134 Å². The van der Waals surface area contributed by atoms with Gasteiger partial charge in [-0.15, -0.1) is 0 Å². The van der Waals surface area contributed by atoms with Crippen LogP contribution in [-0.4, -0.2) is 11.5 Å². The van der Waals surface area contributed by atoms with E-state index in [9.17, 15) is 4.39 Å². The maximum atomic E-state index is 14.0. The Bertz CT molecular complexity index is 587. The Morgan fingerprint density at radius 1 is 1.19 bits per heavy atom. The topological polar surface area (TPSA) is 24.9 Å². The zero-order valence-electron chi connectivity index (χ0n) is 11.7. The zero-order valence-corrected chi connectivity index (χ0v) is 13.3. The number of hydrogen-bond acceptors (Lipinski definition) is 2. The van der Waals surface area contributed by atoms with Crippen LogP contribution in [0.4, 0.5) is 4.39 Å². The lowest BCUT2D eigenvalue weighted by molar-refractivity contribution is 0.503. The fourth-order valence-corrected chi connectivity index (χ4v) is 2.37. The third-order valence-corrected chi connectivity index (χ3v) is 3.65. The fourth-order valence-electron chi connectivity index (χ4n) is 2.10. The molecule has 2 nitrogen and oxygen atoms in total. The van der Waals surface area contributed by atoms with E-state index in [4.69, 9.17) is 23.2 Å². The highest BCUT2D eigenvalue weighted by atomic mass is 35.5. The van der Waals surface area contributed by atoms with Crippen LogP contribution in [0.3, 0.4) is 0 Å². The summed E-state index contributed by atoms with van der Waals surface area (Å²) in [5.74, 6) is -0.292. The monoisotopic (exact) mass is 326 g/mol. The molecular formula is C16H17Cl2FN2. The van der Waals surface area contributed by atoms with E-state index < -0.39 is 0 Å². The predicted molar refractivity (Wildman–Crippen MR) is 85.4 cm³/mol. The third-order valence-electron chi connectivity index (χ3n) is 3.19. The summed E-state index contributed by atoms with van der Waals surface area (Å²) in [6.45, 7) is 2.92. The van der Waals surface area contributed by atoms with Crippen molar-refractivity contribution in [1.29, 1.82) is 0 Å². The van der Waals surface area contributed by atoms with E-state index in [0.717, 1.165) is 18.7 Å². The number of nitrogens with one attached hydrogen (secondary N) is 1. The molecule has 0 aliphatic heterocycles. The van der Waals surface area contributed by atoms with Gasteiger partial charge in [-0.25, -0.2) is 4.39 Å². The molecule has 0 spiro atoms. The molecule has 1 aromatic carbocycles.